The van der Waals surface area contributed by atoms with Crippen LogP contribution in [-0.2, 0) is 27.9 Å². The fourth-order valence-corrected chi connectivity index (χ4v) is 4.80. The number of anilines is 1. The first kappa shape index (κ1) is 34.1. The maximum atomic E-state index is 10.5. The molecule has 1 aromatic heterocycles. The van der Waals surface area contributed by atoms with Crippen LogP contribution in [0.1, 0.15) is 43.2 Å². The van der Waals surface area contributed by atoms with E-state index in [0.717, 1.165) is 54.1 Å². The molecular weight excluding hydrogens is 529 g/mol. The zero-order valence-corrected chi connectivity index (χ0v) is 25.5. The number of halogens is 1. The molecular formula is C35H44FN3O3. The molecule has 0 radical (unpaired) electrons. The van der Waals surface area contributed by atoms with Crippen molar-refractivity contribution in [3.8, 4) is 11.1 Å². The molecule has 0 unspecified atom stereocenters. The lowest BCUT2D eigenvalue weighted by Crippen LogP contribution is -2.16. The number of carbonyl (C=O) groups is 2. The van der Waals surface area contributed by atoms with Crippen molar-refractivity contribution in [2.45, 2.75) is 38.6 Å². The molecule has 42 heavy (non-hydrogen) atoms. The Morgan fingerprint density at radius 2 is 1.62 bits per heavy atom. The van der Waals surface area contributed by atoms with Gasteiger partial charge in [0.15, 0.2) is 0 Å². The average molecular weight is 574 g/mol. The summed E-state index contributed by atoms with van der Waals surface area (Å²) in [5, 5.41) is 5.47. The zero-order chi connectivity index (χ0) is 30.7. The third-order valence-corrected chi connectivity index (χ3v) is 6.97. The molecule has 0 bridgehead atoms. The number of rotatable bonds is 7. The fourth-order valence-electron chi connectivity index (χ4n) is 4.80. The van der Waals surface area contributed by atoms with Crippen molar-refractivity contribution in [1.29, 1.82) is 0 Å². The van der Waals surface area contributed by atoms with Crippen molar-refractivity contribution in [2.24, 2.45) is 13.0 Å². The van der Waals surface area contributed by atoms with Crippen molar-refractivity contribution in [1.82, 2.24) is 9.78 Å². The first-order valence-corrected chi connectivity index (χ1v) is 14.2. The molecule has 1 aliphatic carbocycles. The molecule has 1 aliphatic rings. The van der Waals surface area contributed by atoms with Gasteiger partial charge in [0, 0.05) is 51.9 Å². The molecule has 4 aromatic rings. The van der Waals surface area contributed by atoms with E-state index in [4.69, 9.17) is 0 Å². The summed E-state index contributed by atoms with van der Waals surface area (Å²) >= 11 is 0. The Morgan fingerprint density at radius 1 is 0.952 bits per heavy atom. The molecule has 0 amide bonds. The lowest BCUT2D eigenvalue weighted by molar-refractivity contribution is -0.111. The Balaban J connectivity index is 0.000000397. The summed E-state index contributed by atoms with van der Waals surface area (Å²) in [7, 11) is 7.79. The fraction of sp³-hybridized carbons (Fsp3) is 0.343. The maximum absolute atomic E-state index is 10.5. The van der Waals surface area contributed by atoms with E-state index < -0.39 is 0 Å². The van der Waals surface area contributed by atoms with Crippen molar-refractivity contribution < 1.29 is 18.7 Å². The number of aldehydes is 2. The highest BCUT2D eigenvalue weighted by molar-refractivity contribution is 5.84. The number of methoxy groups -OCH3 is 1. The summed E-state index contributed by atoms with van der Waals surface area (Å²) in [6.07, 6.45) is 13.3. The van der Waals surface area contributed by atoms with Crippen molar-refractivity contribution in [2.75, 3.05) is 33.3 Å². The topological polar surface area (TPSA) is 64.4 Å². The highest BCUT2D eigenvalue weighted by atomic mass is 19.1. The van der Waals surface area contributed by atoms with Crippen LogP contribution in [-0.4, -0.2) is 50.8 Å². The highest BCUT2D eigenvalue weighted by Gasteiger charge is 2.10. The van der Waals surface area contributed by atoms with Crippen LogP contribution in [0.5, 0.6) is 0 Å². The van der Waals surface area contributed by atoms with E-state index in [1.54, 1.807) is 14.2 Å². The number of aryl methyl sites for hydroxylation is 1. The largest absolute Gasteiger partial charge is 0.388 e. The highest BCUT2D eigenvalue weighted by Crippen LogP contribution is 2.25. The molecule has 3 aromatic carbocycles. The Bertz CT molecular complexity index is 1380. The smallest absolute Gasteiger partial charge is 0.142 e. The minimum Gasteiger partial charge on any atom is -0.388 e. The van der Waals surface area contributed by atoms with E-state index in [1.165, 1.54) is 42.0 Å². The van der Waals surface area contributed by atoms with Crippen molar-refractivity contribution in [3.63, 3.8) is 0 Å². The average Bonchev–Trinajstić information content (AvgIpc) is 3.42. The van der Waals surface area contributed by atoms with Gasteiger partial charge in [0.05, 0.1) is 18.9 Å². The van der Waals surface area contributed by atoms with Crippen LogP contribution in [0.4, 0.5) is 10.1 Å². The number of aromatic nitrogens is 2. The van der Waals surface area contributed by atoms with Crippen LogP contribution in [0.2, 0.25) is 0 Å². The Morgan fingerprint density at radius 3 is 2.24 bits per heavy atom. The molecule has 0 spiro atoms. The zero-order valence-electron chi connectivity index (χ0n) is 25.5. The van der Waals surface area contributed by atoms with Gasteiger partial charge in [-0.1, -0.05) is 67.8 Å². The molecule has 1 saturated carbocycles. The number of hydrogen-bond donors (Lipinski definition) is 0. The first-order chi connectivity index (χ1) is 20.5. The third kappa shape index (κ3) is 10.7. The summed E-state index contributed by atoms with van der Waals surface area (Å²) in [6.45, 7) is 0.808. The van der Waals surface area contributed by atoms with E-state index in [2.05, 4.69) is 76.4 Å². The minimum atomic E-state index is 0.406. The van der Waals surface area contributed by atoms with E-state index in [1.807, 2.05) is 36.1 Å². The van der Waals surface area contributed by atoms with E-state index in [-0.39, 0.29) is 0 Å². The number of fused-ring (bicyclic) bond motifs is 1. The second-order valence-corrected chi connectivity index (χ2v) is 10.1. The summed E-state index contributed by atoms with van der Waals surface area (Å²) in [5.74, 6) is 0.406. The van der Waals surface area contributed by atoms with Crippen LogP contribution in [0.3, 0.4) is 0 Å². The van der Waals surface area contributed by atoms with Crippen molar-refractivity contribution in [3.05, 3.63) is 90.1 Å². The molecule has 0 aliphatic heterocycles. The number of carbonyl (C=O) groups excluding carboxylic acids is 2. The lowest BCUT2D eigenvalue weighted by atomic mass is 9.91. The summed E-state index contributed by atoms with van der Waals surface area (Å²) in [6, 6.07) is 23.3. The van der Waals surface area contributed by atoms with Gasteiger partial charge in [-0.2, -0.15) is 5.10 Å². The standard InChI is InChI=1S/C25H23N3O.C7H12O.C2H6O.CH3F/c1-27(24-7-3-5-19(15-24)6-4-14-29)18-20-8-10-21(11-9-20)22-12-13-25-23(16-22)17-26-28(25)2;8-6-7-4-2-1-3-5-7;1-3-2;1-2/h3-17H,18H2,1-2H3;6-7H,1-5H2;1-2H3;1H3/b6-4+;;;. The van der Waals surface area contributed by atoms with E-state index in [0.29, 0.717) is 13.1 Å². The molecule has 5 rings (SSSR count). The second-order valence-electron chi connectivity index (χ2n) is 10.1. The Kier molecular flexibility index (Phi) is 15.5. The SMILES string of the molecule is CF.CN(Cc1ccc(-c2ccc3c(cnn3C)c2)cc1)c1cccc(/C=C/C=O)c1.COC.O=CC1CCCCC1. The van der Waals surface area contributed by atoms with Crippen LogP contribution in [0.15, 0.2) is 79.0 Å². The molecule has 7 heteroatoms. The lowest BCUT2D eigenvalue weighted by Gasteiger charge is -2.20. The monoisotopic (exact) mass is 573 g/mol. The minimum absolute atomic E-state index is 0.406. The number of ether oxygens (including phenoxy) is 1. The summed E-state index contributed by atoms with van der Waals surface area (Å²) in [5.41, 5.74) is 6.90. The van der Waals surface area contributed by atoms with Gasteiger partial charge in [0.2, 0.25) is 0 Å². The molecule has 1 heterocycles. The molecule has 224 valence electrons. The van der Waals surface area contributed by atoms with Crippen LogP contribution in [0.25, 0.3) is 28.1 Å². The van der Waals surface area contributed by atoms with Crippen molar-refractivity contribution >= 4 is 35.2 Å². The molecule has 1 fully saturated rings. The predicted octanol–water partition coefficient (Wildman–Crippen LogP) is 7.70. The van der Waals surface area contributed by atoms with Gasteiger partial charge in [0.1, 0.15) is 12.6 Å². The molecule has 6 nitrogen and oxygen atoms in total. The molecule has 0 saturated heterocycles. The first-order valence-electron chi connectivity index (χ1n) is 14.2. The summed E-state index contributed by atoms with van der Waals surface area (Å²) < 4.78 is 15.6. The van der Waals surface area contributed by atoms with Crippen LogP contribution >= 0.6 is 0 Å². The van der Waals surface area contributed by atoms with E-state index in [9.17, 15) is 14.0 Å². The van der Waals surface area contributed by atoms with Gasteiger partial charge in [-0.05, 0) is 65.4 Å². The normalized spacial score (nSPS) is 12.7. The van der Waals surface area contributed by atoms with Gasteiger partial charge < -0.3 is 14.4 Å². The van der Waals surface area contributed by atoms with Gasteiger partial charge in [-0.15, -0.1) is 0 Å². The third-order valence-electron chi connectivity index (χ3n) is 6.97. The number of hydrogen-bond acceptors (Lipinski definition) is 5. The molecule has 0 N–H and O–H groups in total. The van der Waals surface area contributed by atoms with Gasteiger partial charge in [0.25, 0.3) is 0 Å². The number of alkyl halides is 1. The molecule has 0 atom stereocenters. The van der Waals surface area contributed by atoms with Gasteiger partial charge in [-0.3, -0.25) is 13.9 Å². The van der Waals surface area contributed by atoms with Crippen LogP contribution in [0, 0.1) is 5.92 Å². The quantitative estimate of drug-likeness (QED) is 0.167. The van der Waals surface area contributed by atoms with Gasteiger partial charge in [-0.25, -0.2) is 0 Å². The number of nitrogens with zero attached hydrogens (tertiary/aromatic N) is 3. The maximum Gasteiger partial charge on any atom is 0.142 e. The number of allylic oxidation sites excluding steroid dienone is 1. The Hall–Kier alpha value is -4.10. The summed E-state index contributed by atoms with van der Waals surface area (Å²) in [4.78, 5) is 22.9. The van der Waals surface area contributed by atoms with Crippen LogP contribution < -0.4 is 4.90 Å². The van der Waals surface area contributed by atoms with E-state index >= 15 is 0 Å². The van der Waals surface area contributed by atoms with Gasteiger partial charge >= 0.3 is 0 Å². The predicted molar refractivity (Wildman–Crippen MR) is 172 cm³/mol. The second kappa shape index (κ2) is 19.1. The number of benzene rings is 3. The Labute approximate surface area is 249 Å².